The minimum absolute atomic E-state index is 0.127. The fourth-order valence-electron chi connectivity index (χ4n) is 0.946. The van der Waals surface area contributed by atoms with Crippen molar-refractivity contribution in [1.82, 2.24) is 0 Å². The summed E-state index contributed by atoms with van der Waals surface area (Å²) in [5.41, 5.74) is 5.47. The molecule has 2 N–H and O–H groups in total. The monoisotopic (exact) mass is 210 g/mol. The molecular formula is C10H11FN2S. The van der Waals surface area contributed by atoms with Crippen molar-refractivity contribution < 1.29 is 4.39 Å². The second-order valence-corrected chi connectivity index (χ2v) is 4.10. The summed E-state index contributed by atoms with van der Waals surface area (Å²) < 4.78 is 13.0. The Morgan fingerprint density at radius 2 is 2.36 bits per heavy atom. The van der Waals surface area contributed by atoms with Crippen molar-refractivity contribution in [2.45, 2.75) is 23.5 Å². The van der Waals surface area contributed by atoms with Gasteiger partial charge in [0.05, 0.1) is 17.0 Å². The van der Waals surface area contributed by atoms with Crippen LogP contribution in [0.3, 0.4) is 0 Å². The van der Waals surface area contributed by atoms with Gasteiger partial charge >= 0.3 is 0 Å². The number of thioether (sulfide) groups is 1. The first-order valence-electron chi connectivity index (χ1n) is 4.28. The lowest BCUT2D eigenvalue weighted by atomic mass is 10.3. The van der Waals surface area contributed by atoms with Gasteiger partial charge in [-0.1, -0.05) is 6.92 Å². The van der Waals surface area contributed by atoms with Crippen molar-refractivity contribution in [3.63, 3.8) is 0 Å². The average molecular weight is 210 g/mol. The smallest absolute Gasteiger partial charge is 0.147 e. The Bertz CT molecular complexity index is 360. The van der Waals surface area contributed by atoms with Crippen molar-refractivity contribution in [3.05, 3.63) is 24.0 Å². The number of nitrogens with two attached hydrogens (primary N) is 1. The molecule has 1 aromatic rings. The lowest BCUT2D eigenvalue weighted by molar-refractivity contribution is 0.629. The van der Waals surface area contributed by atoms with E-state index in [-0.39, 0.29) is 10.9 Å². The number of benzene rings is 1. The zero-order chi connectivity index (χ0) is 10.6. The molecule has 0 radical (unpaired) electrons. The van der Waals surface area contributed by atoms with Crippen LogP contribution in [0.25, 0.3) is 0 Å². The molecule has 0 saturated heterocycles. The van der Waals surface area contributed by atoms with Gasteiger partial charge in [-0.05, 0) is 24.6 Å². The average Bonchev–Trinajstić information content (AvgIpc) is 2.19. The molecule has 0 fully saturated rings. The minimum Gasteiger partial charge on any atom is -0.396 e. The molecule has 0 heterocycles. The highest BCUT2D eigenvalue weighted by Gasteiger charge is 2.07. The highest BCUT2D eigenvalue weighted by Crippen LogP contribution is 2.26. The minimum atomic E-state index is -0.428. The van der Waals surface area contributed by atoms with Gasteiger partial charge < -0.3 is 5.73 Å². The molecule has 0 aliphatic heterocycles. The molecule has 1 aromatic carbocycles. The molecule has 14 heavy (non-hydrogen) atoms. The van der Waals surface area contributed by atoms with Crippen molar-refractivity contribution in [2.75, 3.05) is 5.73 Å². The maximum atomic E-state index is 13.0. The van der Waals surface area contributed by atoms with E-state index in [9.17, 15) is 4.39 Å². The van der Waals surface area contributed by atoms with Crippen LogP contribution in [0, 0.1) is 17.1 Å². The molecule has 0 saturated carbocycles. The van der Waals surface area contributed by atoms with Gasteiger partial charge in [-0.3, -0.25) is 0 Å². The number of nitriles is 1. The number of anilines is 1. The van der Waals surface area contributed by atoms with Gasteiger partial charge in [0.1, 0.15) is 5.82 Å². The molecule has 1 atom stereocenters. The van der Waals surface area contributed by atoms with Crippen molar-refractivity contribution >= 4 is 17.4 Å². The highest BCUT2D eigenvalue weighted by atomic mass is 32.2. The quantitative estimate of drug-likeness (QED) is 0.616. The van der Waals surface area contributed by atoms with E-state index in [4.69, 9.17) is 11.0 Å². The van der Waals surface area contributed by atoms with Crippen LogP contribution in [-0.2, 0) is 0 Å². The van der Waals surface area contributed by atoms with E-state index in [0.717, 1.165) is 11.3 Å². The largest absolute Gasteiger partial charge is 0.396 e. The first-order chi connectivity index (χ1) is 6.67. The summed E-state index contributed by atoms with van der Waals surface area (Å²) in [5, 5.41) is 8.60. The Morgan fingerprint density at radius 1 is 1.64 bits per heavy atom. The van der Waals surface area contributed by atoms with Crippen LogP contribution in [0.5, 0.6) is 0 Å². The Morgan fingerprint density at radius 3 is 2.86 bits per heavy atom. The Kier molecular flexibility index (Phi) is 3.78. The van der Waals surface area contributed by atoms with E-state index in [1.807, 2.05) is 6.92 Å². The van der Waals surface area contributed by atoms with Gasteiger partial charge in [-0.25, -0.2) is 4.39 Å². The Hall–Kier alpha value is -1.21. The lowest BCUT2D eigenvalue weighted by Gasteiger charge is -2.06. The van der Waals surface area contributed by atoms with E-state index in [0.29, 0.717) is 0 Å². The molecule has 0 aliphatic rings. The summed E-state index contributed by atoms with van der Waals surface area (Å²) in [7, 11) is 0. The van der Waals surface area contributed by atoms with Gasteiger partial charge in [0, 0.05) is 4.90 Å². The van der Waals surface area contributed by atoms with Gasteiger partial charge in [0.25, 0.3) is 0 Å². The second-order valence-electron chi connectivity index (χ2n) is 2.83. The number of nitrogen functional groups attached to an aromatic ring is 1. The summed E-state index contributed by atoms with van der Waals surface area (Å²) in [6.07, 6.45) is 0.743. The standard InChI is InChI=1S/C10H11FN2S/c1-2-7(6-12)14-8-3-4-10(13)9(11)5-8/h3-5,7H,2,13H2,1H3. The molecule has 0 aliphatic carbocycles. The second kappa shape index (κ2) is 4.87. The zero-order valence-corrected chi connectivity index (χ0v) is 8.64. The van der Waals surface area contributed by atoms with Crippen LogP contribution in [-0.4, -0.2) is 5.25 Å². The topological polar surface area (TPSA) is 49.8 Å². The maximum absolute atomic E-state index is 13.0. The third-order valence-electron chi connectivity index (χ3n) is 1.77. The van der Waals surface area contributed by atoms with Crippen LogP contribution in [0.1, 0.15) is 13.3 Å². The number of nitrogens with zero attached hydrogens (tertiary/aromatic N) is 1. The first kappa shape index (κ1) is 10.9. The fourth-order valence-corrected chi connectivity index (χ4v) is 1.81. The molecule has 1 rings (SSSR count). The van der Waals surface area contributed by atoms with Crippen LogP contribution in [0.15, 0.2) is 23.1 Å². The third kappa shape index (κ3) is 2.64. The third-order valence-corrected chi connectivity index (χ3v) is 3.01. The fraction of sp³-hybridized carbons (Fsp3) is 0.300. The summed E-state index contributed by atoms with van der Waals surface area (Å²) in [6.45, 7) is 1.93. The van der Waals surface area contributed by atoms with Gasteiger partial charge in [0.2, 0.25) is 0 Å². The normalized spacial score (nSPS) is 12.1. The van der Waals surface area contributed by atoms with Crippen LogP contribution < -0.4 is 5.73 Å². The summed E-state index contributed by atoms with van der Waals surface area (Å²) >= 11 is 1.35. The number of hydrogen-bond donors (Lipinski definition) is 1. The SMILES string of the molecule is CCC(C#N)Sc1ccc(N)c(F)c1. The molecule has 0 bridgehead atoms. The molecule has 2 nitrogen and oxygen atoms in total. The summed E-state index contributed by atoms with van der Waals surface area (Å²) in [4.78, 5) is 0.741. The predicted molar refractivity (Wildman–Crippen MR) is 56.4 cm³/mol. The van der Waals surface area contributed by atoms with E-state index in [1.54, 1.807) is 6.07 Å². The molecule has 4 heteroatoms. The highest BCUT2D eigenvalue weighted by molar-refractivity contribution is 8.00. The van der Waals surface area contributed by atoms with E-state index in [1.165, 1.54) is 23.9 Å². The van der Waals surface area contributed by atoms with Crippen molar-refractivity contribution in [1.29, 1.82) is 5.26 Å². The first-order valence-corrected chi connectivity index (χ1v) is 5.16. The maximum Gasteiger partial charge on any atom is 0.147 e. The van der Waals surface area contributed by atoms with Gasteiger partial charge in [0.15, 0.2) is 0 Å². The number of hydrogen-bond acceptors (Lipinski definition) is 3. The van der Waals surface area contributed by atoms with Crippen molar-refractivity contribution in [3.8, 4) is 6.07 Å². The van der Waals surface area contributed by atoms with Crippen LogP contribution >= 0.6 is 11.8 Å². The molecule has 0 spiro atoms. The molecule has 0 amide bonds. The van der Waals surface area contributed by atoms with Gasteiger partial charge in [-0.15, -0.1) is 11.8 Å². The van der Waals surface area contributed by atoms with Crippen molar-refractivity contribution in [2.24, 2.45) is 0 Å². The summed E-state index contributed by atoms with van der Waals surface area (Å²) in [6, 6.07) is 6.75. The van der Waals surface area contributed by atoms with Crippen LogP contribution in [0.4, 0.5) is 10.1 Å². The lowest BCUT2D eigenvalue weighted by Crippen LogP contribution is -1.96. The zero-order valence-electron chi connectivity index (χ0n) is 7.83. The van der Waals surface area contributed by atoms with Crippen LogP contribution in [0.2, 0.25) is 0 Å². The molecular weight excluding hydrogens is 199 g/mol. The Balaban J connectivity index is 2.78. The van der Waals surface area contributed by atoms with E-state index in [2.05, 4.69) is 6.07 Å². The van der Waals surface area contributed by atoms with Gasteiger partial charge in [-0.2, -0.15) is 5.26 Å². The summed E-state index contributed by atoms with van der Waals surface area (Å²) in [5.74, 6) is -0.428. The van der Waals surface area contributed by atoms with E-state index >= 15 is 0 Å². The Labute approximate surface area is 86.9 Å². The number of halogens is 1. The molecule has 0 aromatic heterocycles. The van der Waals surface area contributed by atoms with E-state index < -0.39 is 5.82 Å². The predicted octanol–water partition coefficient (Wildman–Crippen LogP) is 2.80. The molecule has 74 valence electrons. The molecule has 1 unspecified atom stereocenters. The number of rotatable bonds is 3.